The zero-order valence-corrected chi connectivity index (χ0v) is 40.2. The predicted molar refractivity (Wildman–Crippen MR) is 298 cm³/mol. The van der Waals surface area contributed by atoms with Gasteiger partial charge in [0.2, 0.25) is 9.84 Å². The van der Waals surface area contributed by atoms with Gasteiger partial charge in [0, 0.05) is 82.6 Å². The molecule has 3 heterocycles. The van der Waals surface area contributed by atoms with Gasteiger partial charge in [0.15, 0.2) is 0 Å². The van der Waals surface area contributed by atoms with E-state index >= 15 is 0 Å². The van der Waals surface area contributed by atoms with E-state index in [1.54, 1.807) is 12.1 Å². The van der Waals surface area contributed by atoms with Crippen molar-refractivity contribution in [2.45, 2.75) is 9.79 Å². The summed E-state index contributed by atoms with van der Waals surface area (Å²) >= 11 is 0. The van der Waals surface area contributed by atoms with Crippen molar-refractivity contribution in [3.8, 4) is 53.0 Å². The largest absolute Gasteiger partial charge is 0.354 e. The van der Waals surface area contributed by atoms with E-state index in [0.717, 1.165) is 110 Å². The van der Waals surface area contributed by atoms with Crippen LogP contribution in [0, 0.1) is 46.9 Å². The average Bonchev–Trinajstić information content (AvgIpc) is 4.16. The summed E-state index contributed by atoms with van der Waals surface area (Å²) in [5, 5.41) is 15.4. The Bertz CT molecular complexity index is 4760. The van der Waals surface area contributed by atoms with Gasteiger partial charge in [-0.15, -0.1) is 0 Å². The SMILES string of the molecule is N#Cc1ccc(S(=O)(=O)c2ccc(-n3c4ccc(C#Cc5ccccc5)cc4c4c5c(c6cc(C#Cc7ccccc7)ccc6n5-c5ccccc5)c5[nH]c6ccc(C#Cc7ccccc7)cc6c5c43)cc2)cc1. The Morgan fingerprint density at radius 1 is 0.365 bits per heavy atom. The van der Waals surface area contributed by atoms with Gasteiger partial charge in [0.25, 0.3) is 0 Å². The predicted octanol–water partition coefficient (Wildman–Crippen LogP) is 14.4. The molecular weight excluding hydrogens is 925 g/mol. The molecule has 0 radical (unpaired) electrons. The number of nitriles is 1. The van der Waals surface area contributed by atoms with Gasteiger partial charge in [-0.3, -0.25) is 0 Å². The molecule has 0 aliphatic carbocycles. The highest BCUT2D eigenvalue weighted by molar-refractivity contribution is 7.91. The minimum atomic E-state index is -3.92. The van der Waals surface area contributed by atoms with Gasteiger partial charge in [-0.05, 0) is 152 Å². The fraction of sp³-hybridized carbons (Fsp3) is 0. The maximum Gasteiger partial charge on any atom is 0.206 e. The lowest BCUT2D eigenvalue weighted by Gasteiger charge is -2.12. The summed E-state index contributed by atoms with van der Waals surface area (Å²) in [4.78, 5) is 4.20. The molecule has 7 heteroatoms. The first-order valence-electron chi connectivity index (χ1n) is 24.1. The molecule has 0 aliphatic heterocycles. The van der Waals surface area contributed by atoms with E-state index in [4.69, 9.17) is 0 Å². The van der Waals surface area contributed by atoms with E-state index < -0.39 is 9.84 Å². The third kappa shape index (κ3) is 7.54. The first kappa shape index (κ1) is 43.7. The Morgan fingerprint density at radius 3 is 1.23 bits per heavy atom. The summed E-state index contributed by atoms with van der Waals surface area (Å²) in [6.45, 7) is 0. The third-order valence-corrected chi connectivity index (χ3v) is 15.3. The Kier molecular flexibility index (Phi) is 10.5. The molecule has 13 aromatic rings. The monoisotopic (exact) mass is 962 g/mol. The molecule has 0 amide bonds. The Balaban J connectivity index is 1.18. The van der Waals surface area contributed by atoms with Crippen LogP contribution in [-0.4, -0.2) is 22.5 Å². The standard InChI is InChI=1S/C67H38N4O2S/c68-44-51-27-34-54(35-28-51)74(72,73)55-36-32-53(33-37-55)71-61-40-31-50(26-23-47-17-9-3-10-18-47)43-58(61)64-66(71)62-56-41-48(24-21-45-13-5-1-6-14-45)29-38-59(56)69-65(62)63-57-42-49(25-22-46-15-7-2-8-16-46)30-39-60(57)70(67(63)64)52-19-11-4-12-20-52/h1-20,27-43,69H. The van der Waals surface area contributed by atoms with E-state index in [2.05, 4.69) is 135 Å². The summed E-state index contributed by atoms with van der Waals surface area (Å²) in [5.41, 5.74) is 13.2. The average molecular weight is 963 g/mol. The topological polar surface area (TPSA) is 83.6 Å². The molecule has 0 aliphatic rings. The van der Waals surface area contributed by atoms with Gasteiger partial charge in [0.1, 0.15) is 0 Å². The second kappa shape index (κ2) is 17.8. The van der Waals surface area contributed by atoms with E-state index in [0.29, 0.717) is 5.56 Å². The molecule has 0 saturated carbocycles. The second-order valence-electron chi connectivity index (χ2n) is 18.0. The van der Waals surface area contributed by atoms with Crippen LogP contribution >= 0.6 is 0 Å². The van der Waals surface area contributed by atoms with Gasteiger partial charge in [-0.25, -0.2) is 8.42 Å². The summed E-state index contributed by atoms with van der Waals surface area (Å²) in [5.74, 6) is 20.6. The fourth-order valence-electron chi connectivity index (χ4n) is 10.1. The summed E-state index contributed by atoms with van der Waals surface area (Å²) < 4.78 is 32.9. The first-order chi connectivity index (χ1) is 36.4. The van der Waals surface area contributed by atoms with Crippen LogP contribution in [0.4, 0.5) is 0 Å². The number of rotatable bonds is 4. The van der Waals surface area contributed by atoms with E-state index in [1.807, 2.05) is 109 Å². The highest BCUT2D eigenvalue weighted by atomic mass is 32.2. The van der Waals surface area contributed by atoms with Crippen LogP contribution in [0.5, 0.6) is 0 Å². The highest BCUT2D eigenvalue weighted by Crippen LogP contribution is 2.49. The number of H-pyrrole nitrogens is 1. The molecule has 74 heavy (non-hydrogen) atoms. The number of para-hydroxylation sites is 1. The molecule has 0 fully saturated rings. The van der Waals surface area contributed by atoms with Crippen molar-refractivity contribution < 1.29 is 8.42 Å². The zero-order chi connectivity index (χ0) is 49.8. The van der Waals surface area contributed by atoms with Crippen molar-refractivity contribution in [2.24, 2.45) is 0 Å². The lowest BCUT2D eigenvalue weighted by atomic mass is 10.00. The number of aromatic nitrogens is 3. The minimum Gasteiger partial charge on any atom is -0.354 e. The maximum absolute atomic E-state index is 14.1. The fourth-order valence-corrected chi connectivity index (χ4v) is 11.4. The van der Waals surface area contributed by atoms with Crippen molar-refractivity contribution in [1.29, 1.82) is 5.26 Å². The third-order valence-electron chi connectivity index (χ3n) is 13.5. The first-order valence-corrected chi connectivity index (χ1v) is 25.5. The van der Waals surface area contributed by atoms with Crippen LogP contribution in [0.3, 0.4) is 0 Å². The van der Waals surface area contributed by atoms with Crippen LogP contribution < -0.4 is 0 Å². The van der Waals surface area contributed by atoms with Crippen LogP contribution in [-0.2, 0) is 9.84 Å². The van der Waals surface area contributed by atoms with Gasteiger partial charge >= 0.3 is 0 Å². The molecule has 344 valence electrons. The molecule has 3 aromatic heterocycles. The molecule has 13 rings (SSSR count). The Hall–Kier alpha value is -10.3. The van der Waals surface area contributed by atoms with Crippen molar-refractivity contribution in [1.82, 2.24) is 14.1 Å². The van der Waals surface area contributed by atoms with E-state index in [-0.39, 0.29) is 9.79 Å². The summed E-state index contributed by atoms with van der Waals surface area (Å²) in [6, 6.07) is 74.9. The second-order valence-corrected chi connectivity index (χ2v) is 20.0. The number of hydrogen-bond donors (Lipinski definition) is 1. The molecule has 0 bridgehead atoms. The van der Waals surface area contributed by atoms with Crippen LogP contribution in [0.1, 0.15) is 38.9 Å². The quantitative estimate of drug-likeness (QED) is 0.178. The summed E-state index contributed by atoms with van der Waals surface area (Å²) in [7, 11) is -3.92. The zero-order valence-electron chi connectivity index (χ0n) is 39.4. The number of benzene rings is 10. The Labute approximate surface area is 426 Å². The van der Waals surface area contributed by atoms with Crippen LogP contribution in [0.25, 0.3) is 76.8 Å². The van der Waals surface area contributed by atoms with Crippen molar-refractivity contribution in [3.63, 3.8) is 0 Å². The highest BCUT2D eigenvalue weighted by Gasteiger charge is 2.28. The smallest absolute Gasteiger partial charge is 0.206 e. The molecule has 0 unspecified atom stereocenters. The maximum atomic E-state index is 14.1. The van der Waals surface area contributed by atoms with Crippen LogP contribution in [0.2, 0.25) is 0 Å². The number of aromatic amines is 1. The lowest BCUT2D eigenvalue weighted by Crippen LogP contribution is -2.03. The molecule has 0 saturated heterocycles. The number of fused-ring (bicyclic) bond motifs is 12. The van der Waals surface area contributed by atoms with Crippen LogP contribution in [0.15, 0.2) is 234 Å². The molecular formula is C67H38N4O2S. The van der Waals surface area contributed by atoms with Gasteiger partial charge in [-0.1, -0.05) is 108 Å². The summed E-state index contributed by atoms with van der Waals surface area (Å²) in [6.07, 6.45) is 0. The van der Waals surface area contributed by atoms with Crippen molar-refractivity contribution in [2.75, 3.05) is 0 Å². The lowest BCUT2D eigenvalue weighted by molar-refractivity contribution is 0.596. The number of hydrogen-bond acceptors (Lipinski definition) is 3. The minimum absolute atomic E-state index is 0.113. The van der Waals surface area contributed by atoms with Gasteiger partial charge < -0.3 is 14.1 Å². The normalized spacial score (nSPS) is 11.3. The Morgan fingerprint density at radius 2 is 0.743 bits per heavy atom. The van der Waals surface area contributed by atoms with Crippen molar-refractivity contribution >= 4 is 75.3 Å². The van der Waals surface area contributed by atoms with Gasteiger partial charge in [-0.2, -0.15) is 5.26 Å². The van der Waals surface area contributed by atoms with Crippen molar-refractivity contribution in [3.05, 3.63) is 263 Å². The molecule has 1 N–H and O–H groups in total. The number of nitrogens with zero attached hydrogens (tertiary/aromatic N) is 3. The molecule has 6 nitrogen and oxygen atoms in total. The molecule has 10 aromatic carbocycles. The number of sulfone groups is 1. The van der Waals surface area contributed by atoms with E-state index in [1.165, 1.54) is 24.3 Å². The van der Waals surface area contributed by atoms with E-state index in [9.17, 15) is 13.7 Å². The molecule has 0 spiro atoms. The number of nitrogens with one attached hydrogen (secondary N) is 1. The molecule has 0 atom stereocenters. The van der Waals surface area contributed by atoms with Gasteiger partial charge in [0.05, 0.1) is 49.0 Å².